The Morgan fingerprint density at radius 1 is 1.29 bits per heavy atom. The molecule has 2 aliphatic rings. The van der Waals surface area contributed by atoms with E-state index in [1.807, 2.05) is 4.90 Å². The third-order valence-corrected chi connectivity index (χ3v) is 5.33. The summed E-state index contributed by atoms with van der Waals surface area (Å²) in [7, 11) is 0. The number of piperidine rings is 1. The number of carbonyl (C=O) groups is 1. The number of rotatable bonds is 4. The first kappa shape index (κ1) is 14.7. The van der Waals surface area contributed by atoms with Crippen molar-refractivity contribution in [1.29, 1.82) is 0 Å². The molecule has 0 radical (unpaired) electrons. The molecule has 1 saturated carbocycles. The highest BCUT2D eigenvalue weighted by Gasteiger charge is 2.31. The molecule has 0 aromatic carbocycles. The van der Waals surface area contributed by atoms with Gasteiger partial charge < -0.3 is 4.90 Å². The summed E-state index contributed by atoms with van der Waals surface area (Å²) < 4.78 is 1.70. The zero-order valence-corrected chi connectivity index (χ0v) is 13.4. The van der Waals surface area contributed by atoms with Gasteiger partial charge in [0.25, 0.3) is 0 Å². The highest BCUT2D eigenvalue weighted by atomic mass is 32.2. The SMILES string of the molecule is C[C@@H]1CCC[C@H](C)N1C(=O)CSc1n[nH]c(=O)n1C1CC1. The first-order valence-electron chi connectivity index (χ1n) is 7.68. The Bertz CT molecular complexity index is 568. The molecule has 1 N–H and O–H groups in total. The van der Waals surface area contributed by atoms with Gasteiger partial charge in [0, 0.05) is 18.1 Å². The molecule has 1 aliphatic carbocycles. The van der Waals surface area contributed by atoms with E-state index >= 15 is 0 Å². The first-order chi connectivity index (χ1) is 10.1. The highest BCUT2D eigenvalue weighted by molar-refractivity contribution is 7.99. The lowest BCUT2D eigenvalue weighted by Crippen LogP contribution is -2.48. The average molecular weight is 310 g/mol. The fraction of sp³-hybridized carbons (Fsp3) is 0.786. The molecule has 1 amide bonds. The predicted molar refractivity (Wildman–Crippen MR) is 81.5 cm³/mol. The van der Waals surface area contributed by atoms with Crippen molar-refractivity contribution in [1.82, 2.24) is 19.7 Å². The third kappa shape index (κ3) is 3.02. The molecule has 0 spiro atoms. The van der Waals surface area contributed by atoms with Gasteiger partial charge in [-0.15, -0.1) is 5.10 Å². The van der Waals surface area contributed by atoms with Crippen LogP contribution in [0.3, 0.4) is 0 Å². The van der Waals surface area contributed by atoms with Crippen molar-refractivity contribution >= 4 is 17.7 Å². The summed E-state index contributed by atoms with van der Waals surface area (Å²) in [5.74, 6) is 0.503. The number of thioether (sulfide) groups is 1. The van der Waals surface area contributed by atoms with Crippen LogP contribution in [0.1, 0.15) is 52.0 Å². The van der Waals surface area contributed by atoms with Crippen LogP contribution < -0.4 is 5.69 Å². The number of nitrogens with one attached hydrogen (secondary N) is 1. The van der Waals surface area contributed by atoms with Gasteiger partial charge in [0.15, 0.2) is 5.16 Å². The van der Waals surface area contributed by atoms with Crippen molar-refractivity contribution in [2.75, 3.05) is 5.75 Å². The minimum absolute atomic E-state index is 0.150. The van der Waals surface area contributed by atoms with Crippen LogP contribution in [0.2, 0.25) is 0 Å². The monoisotopic (exact) mass is 310 g/mol. The second-order valence-electron chi connectivity index (χ2n) is 6.13. The van der Waals surface area contributed by atoms with E-state index in [9.17, 15) is 9.59 Å². The maximum atomic E-state index is 12.5. The summed E-state index contributed by atoms with van der Waals surface area (Å²) >= 11 is 1.37. The van der Waals surface area contributed by atoms with E-state index in [0.717, 1.165) is 25.7 Å². The molecule has 2 heterocycles. The van der Waals surface area contributed by atoms with E-state index in [1.165, 1.54) is 18.2 Å². The fourth-order valence-corrected chi connectivity index (χ4v) is 4.04. The highest BCUT2D eigenvalue weighted by Crippen LogP contribution is 2.36. The number of hydrogen-bond donors (Lipinski definition) is 1. The molecule has 21 heavy (non-hydrogen) atoms. The topological polar surface area (TPSA) is 71.0 Å². The second-order valence-corrected chi connectivity index (χ2v) is 7.07. The average Bonchev–Trinajstić information content (AvgIpc) is 3.20. The first-order valence-corrected chi connectivity index (χ1v) is 8.67. The van der Waals surface area contributed by atoms with E-state index in [1.54, 1.807) is 4.57 Å². The van der Waals surface area contributed by atoms with Crippen LogP contribution in [0, 0.1) is 0 Å². The van der Waals surface area contributed by atoms with Crippen molar-refractivity contribution < 1.29 is 4.79 Å². The number of aromatic amines is 1. The summed E-state index contributed by atoms with van der Waals surface area (Å²) in [5, 5.41) is 7.19. The maximum Gasteiger partial charge on any atom is 0.344 e. The van der Waals surface area contributed by atoms with Gasteiger partial charge in [-0.05, 0) is 46.0 Å². The fourth-order valence-electron chi connectivity index (χ4n) is 3.16. The number of aromatic nitrogens is 3. The molecule has 6 nitrogen and oxygen atoms in total. The Hall–Kier alpha value is -1.24. The van der Waals surface area contributed by atoms with E-state index in [4.69, 9.17) is 0 Å². The Kier molecular flexibility index (Phi) is 4.10. The van der Waals surface area contributed by atoms with Crippen LogP contribution in [-0.4, -0.2) is 43.4 Å². The van der Waals surface area contributed by atoms with Gasteiger partial charge in [0.1, 0.15) is 0 Å². The number of nitrogens with zero attached hydrogens (tertiary/aromatic N) is 3. The van der Waals surface area contributed by atoms with Crippen LogP contribution >= 0.6 is 11.8 Å². The van der Waals surface area contributed by atoms with Crippen LogP contribution in [-0.2, 0) is 4.79 Å². The number of H-pyrrole nitrogens is 1. The van der Waals surface area contributed by atoms with Gasteiger partial charge in [-0.1, -0.05) is 11.8 Å². The lowest BCUT2D eigenvalue weighted by molar-refractivity contribution is -0.134. The van der Waals surface area contributed by atoms with E-state index in [2.05, 4.69) is 24.0 Å². The van der Waals surface area contributed by atoms with Gasteiger partial charge in [-0.25, -0.2) is 9.89 Å². The van der Waals surface area contributed by atoms with Crippen molar-refractivity contribution in [2.24, 2.45) is 0 Å². The Morgan fingerprint density at radius 3 is 2.57 bits per heavy atom. The lowest BCUT2D eigenvalue weighted by Gasteiger charge is -2.39. The molecule has 0 bridgehead atoms. The minimum atomic E-state index is -0.160. The van der Waals surface area contributed by atoms with Gasteiger partial charge in [-0.3, -0.25) is 9.36 Å². The zero-order valence-electron chi connectivity index (χ0n) is 12.5. The largest absolute Gasteiger partial charge is 0.344 e. The molecule has 1 aliphatic heterocycles. The van der Waals surface area contributed by atoms with Crippen molar-refractivity contribution in [3.05, 3.63) is 10.5 Å². The molecule has 3 rings (SSSR count). The zero-order chi connectivity index (χ0) is 15.0. The van der Waals surface area contributed by atoms with E-state index < -0.39 is 0 Å². The molecule has 0 unspecified atom stereocenters. The molecule has 2 fully saturated rings. The van der Waals surface area contributed by atoms with E-state index in [-0.39, 0.29) is 17.6 Å². The van der Waals surface area contributed by atoms with Crippen LogP contribution in [0.4, 0.5) is 0 Å². The van der Waals surface area contributed by atoms with Gasteiger partial charge in [0.05, 0.1) is 5.75 Å². The van der Waals surface area contributed by atoms with Crippen molar-refractivity contribution in [3.63, 3.8) is 0 Å². The van der Waals surface area contributed by atoms with Gasteiger partial charge >= 0.3 is 5.69 Å². The molecule has 2 atom stereocenters. The standard InChI is InChI=1S/C14H22N4O2S/c1-9-4-3-5-10(2)17(9)12(19)8-21-14-16-15-13(20)18(14)11-6-7-11/h9-11H,3-8H2,1-2H3,(H,15,20)/t9-,10+. The number of likely N-dealkylation sites (tertiary alicyclic amines) is 1. The molecular formula is C14H22N4O2S. The molecule has 1 aromatic rings. The molecule has 1 saturated heterocycles. The molecule has 7 heteroatoms. The molecule has 1 aromatic heterocycles. The summed E-state index contributed by atoms with van der Waals surface area (Å²) in [6, 6.07) is 0.903. The van der Waals surface area contributed by atoms with Crippen molar-refractivity contribution in [2.45, 2.75) is 69.2 Å². The third-order valence-electron chi connectivity index (χ3n) is 4.39. The quantitative estimate of drug-likeness (QED) is 0.861. The normalized spacial score (nSPS) is 26.1. The Balaban J connectivity index is 1.64. The van der Waals surface area contributed by atoms with Gasteiger partial charge in [0.2, 0.25) is 5.91 Å². The molecule has 116 valence electrons. The maximum absolute atomic E-state index is 12.5. The van der Waals surface area contributed by atoms with Crippen molar-refractivity contribution in [3.8, 4) is 0 Å². The van der Waals surface area contributed by atoms with Crippen LogP contribution in [0.25, 0.3) is 0 Å². The predicted octanol–water partition coefficient (Wildman–Crippen LogP) is 1.79. The number of hydrogen-bond acceptors (Lipinski definition) is 4. The van der Waals surface area contributed by atoms with Crippen LogP contribution in [0.5, 0.6) is 0 Å². The van der Waals surface area contributed by atoms with Crippen LogP contribution in [0.15, 0.2) is 9.95 Å². The molecular weight excluding hydrogens is 288 g/mol. The second kappa shape index (κ2) is 5.87. The van der Waals surface area contributed by atoms with Gasteiger partial charge in [-0.2, -0.15) is 0 Å². The number of amides is 1. The Morgan fingerprint density at radius 2 is 1.95 bits per heavy atom. The summed E-state index contributed by atoms with van der Waals surface area (Å²) in [6.07, 6.45) is 5.41. The summed E-state index contributed by atoms with van der Waals surface area (Å²) in [5.41, 5.74) is -0.160. The lowest BCUT2D eigenvalue weighted by atomic mass is 9.98. The minimum Gasteiger partial charge on any atom is -0.337 e. The number of carbonyl (C=O) groups excluding carboxylic acids is 1. The summed E-state index contributed by atoms with van der Waals surface area (Å²) in [4.78, 5) is 26.2. The smallest absolute Gasteiger partial charge is 0.337 e. The Labute approximate surface area is 128 Å². The van der Waals surface area contributed by atoms with E-state index in [0.29, 0.717) is 23.0 Å². The summed E-state index contributed by atoms with van der Waals surface area (Å²) in [6.45, 7) is 4.24.